The average Bonchev–Trinajstić information content (AvgIpc) is 3.65. The van der Waals surface area contributed by atoms with E-state index < -0.39 is 28.6 Å². The summed E-state index contributed by atoms with van der Waals surface area (Å²) in [5.74, 6) is 1.26. The Hall–Kier alpha value is -3.71. The molecule has 2 saturated carbocycles. The SMILES string of the molecule is CCOC(=O)CN(C(=O)Oc1ccc(OC)cc1)c1cc(Cl)c(Oc2ccc(OC)c(S(=O)(=O)NC3CC4CCC3C4)c2)c(Cl)c1. The first-order chi connectivity index (χ1) is 22.0. The molecule has 2 bridgehead atoms. The van der Waals surface area contributed by atoms with Crippen molar-refractivity contribution < 1.29 is 41.7 Å². The van der Waals surface area contributed by atoms with E-state index in [0.717, 1.165) is 30.6 Å². The largest absolute Gasteiger partial charge is 0.497 e. The molecule has 2 fully saturated rings. The van der Waals surface area contributed by atoms with Crippen LogP contribution in [0.1, 0.15) is 32.6 Å². The number of nitrogens with zero attached hydrogens (tertiary/aromatic N) is 1. The standard InChI is InChI=1S/C32H34Cl2N2O9S/c1-4-43-30(37)18-36(32(38)45-23-9-7-22(41-2)8-10-23)21-15-25(33)31(26(34)16-21)44-24-11-12-28(42-3)29(17-24)46(39,40)35-27-14-19-5-6-20(27)13-19/h7-12,15-17,19-20,27,35H,4-6,13-14,18H2,1-3H3. The first kappa shape index (κ1) is 33.6. The topological polar surface area (TPSA) is 130 Å². The predicted octanol–water partition coefficient (Wildman–Crippen LogP) is 6.84. The third-order valence-electron chi connectivity index (χ3n) is 8.06. The summed E-state index contributed by atoms with van der Waals surface area (Å²) in [6.07, 6.45) is 3.12. The van der Waals surface area contributed by atoms with Crippen LogP contribution in [-0.4, -0.2) is 53.9 Å². The zero-order valence-corrected chi connectivity index (χ0v) is 27.8. The summed E-state index contributed by atoms with van der Waals surface area (Å²) >= 11 is 13.2. The van der Waals surface area contributed by atoms with E-state index in [0.29, 0.717) is 17.6 Å². The van der Waals surface area contributed by atoms with E-state index in [-0.39, 0.29) is 56.3 Å². The molecule has 0 saturated heterocycles. The minimum atomic E-state index is -3.95. The number of carbonyl (C=O) groups excluding carboxylic acids is 2. The van der Waals surface area contributed by atoms with Gasteiger partial charge in [0.25, 0.3) is 0 Å². The van der Waals surface area contributed by atoms with E-state index in [1.807, 2.05) is 0 Å². The van der Waals surface area contributed by atoms with Gasteiger partial charge in [-0.05, 0) is 86.6 Å². The first-order valence-corrected chi connectivity index (χ1v) is 16.9. The molecule has 5 rings (SSSR count). The van der Waals surface area contributed by atoms with Crippen LogP contribution in [-0.2, 0) is 19.6 Å². The lowest BCUT2D eigenvalue weighted by molar-refractivity contribution is -0.141. The van der Waals surface area contributed by atoms with Gasteiger partial charge in [0, 0.05) is 12.1 Å². The highest BCUT2D eigenvalue weighted by atomic mass is 35.5. The van der Waals surface area contributed by atoms with Crippen molar-refractivity contribution in [2.24, 2.45) is 11.8 Å². The first-order valence-electron chi connectivity index (χ1n) is 14.7. The van der Waals surface area contributed by atoms with Crippen LogP contribution in [0, 0.1) is 11.8 Å². The zero-order valence-electron chi connectivity index (χ0n) is 25.5. The molecule has 246 valence electrons. The smallest absolute Gasteiger partial charge is 0.420 e. The molecule has 3 aromatic carbocycles. The summed E-state index contributed by atoms with van der Waals surface area (Å²) in [5.41, 5.74) is 0.127. The van der Waals surface area contributed by atoms with Gasteiger partial charge in [0.1, 0.15) is 34.4 Å². The van der Waals surface area contributed by atoms with Gasteiger partial charge in [-0.25, -0.2) is 17.9 Å². The van der Waals surface area contributed by atoms with Crippen molar-refractivity contribution in [2.45, 2.75) is 43.5 Å². The van der Waals surface area contributed by atoms with Crippen LogP contribution < -0.4 is 28.6 Å². The molecular weight excluding hydrogens is 659 g/mol. The third kappa shape index (κ3) is 7.63. The molecule has 14 heteroatoms. The molecule has 0 heterocycles. The van der Waals surface area contributed by atoms with Crippen molar-refractivity contribution in [3.8, 4) is 28.7 Å². The molecule has 0 spiro atoms. The highest BCUT2D eigenvalue weighted by Crippen LogP contribution is 2.45. The Kier molecular flexibility index (Phi) is 10.5. The number of carbonyl (C=O) groups is 2. The molecule has 0 aliphatic heterocycles. The lowest BCUT2D eigenvalue weighted by atomic mass is 9.96. The molecule has 0 radical (unpaired) electrons. The number of halogens is 2. The Bertz CT molecular complexity index is 1680. The van der Waals surface area contributed by atoms with E-state index >= 15 is 0 Å². The van der Waals surface area contributed by atoms with Gasteiger partial charge in [0.2, 0.25) is 10.0 Å². The molecule has 3 aromatic rings. The summed E-state index contributed by atoms with van der Waals surface area (Å²) in [6, 6.07) is 13.3. The van der Waals surface area contributed by atoms with Crippen molar-refractivity contribution in [3.63, 3.8) is 0 Å². The molecule has 1 N–H and O–H groups in total. The molecule has 2 aliphatic rings. The molecule has 3 unspecified atom stereocenters. The Morgan fingerprint density at radius 2 is 1.59 bits per heavy atom. The Labute approximate surface area is 277 Å². The Morgan fingerprint density at radius 3 is 2.17 bits per heavy atom. The van der Waals surface area contributed by atoms with Gasteiger partial charge in [-0.3, -0.25) is 9.69 Å². The summed E-state index contributed by atoms with van der Waals surface area (Å²) < 4.78 is 56.8. The van der Waals surface area contributed by atoms with E-state index in [2.05, 4.69) is 4.72 Å². The van der Waals surface area contributed by atoms with Crippen molar-refractivity contribution >= 4 is 51.0 Å². The highest BCUT2D eigenvalue weighted by molar-refractivity contribution is 7.89. The lowest BCUT2D eigenvalue weighted by Gasteiger charge is -2.23. The maximum atomic E-state index is 13.5. The monoisotopic (exact) mass is 692 g/mol. The van der Waals surface area contributed by atoms with Crippen molar-refractivity contribution in [1.82, 2.24) is 4.72 Å². The number of methoxy groups -OCH3 is 2. The van der Waals surface area contributed by atoms with E-state index in [1.165, 1.54) is 56.7 Å². The number of esters is 1. The molecule has 2 aliphatic carbocycles. The normalized spacial score (nSPS) is 18.6. The van der Waals surface area contributed by atoms with Crippen LogP contribution >= 0.6 is 23.2 Å². The number of hydrogen-bond donors (Lipinski definition) is 1. The third-order valence-corrected chi connectivity index (χ3v) is 10.1. The fourth-order valence-corrected chi connectivity index (χ4v) is 7.95. The minimum absolute atomic E-state index is 0.00117. The number of fused-ring (bicyclic) bond motifs is 2. The fourth-order valence-electron chi connectivity index (χ4n) is 5.90. The van der Waals surface area contributed by atoms with Gasteiger partial charge < -0.3 is 23.7 Å². The Morgan fingerprint density at radius 1 is 0.913 bits per heavy atom. The van der Waals surface area contributed by atoms with Crippen LogP contribution in [0.3, 0.4) is 0 Å². The maximum absolute atomic E-state index is 13.5. The van der Waals surface area contributed by atoms with Crippen LogP contribution in [0.15, 0.2) is 59.5 Å². The summed E-state index contributed by atoms with van der Waals surface area (Å²) in [6.45, 7) is 1.25. The summed E-state index contributed by atoms with van der Waals surface area (Å²) in [5, 5.41) is -0.0390. The quantitative estimate of drug-likeness (QED) is 0.203. The molecule has 0 aromatic heterocycles. The van der Waals surface area contributed by atoms with Gasteiger partial charge in [-0.2, -0.15) is 0 Å². The van der Waals surface area contributed by atoms with E-state index in [9.17, 15) is 18.0 Å². The lowest BCUT2D eigenvalue weighted by Crippen LogP contribution is -2.38. The van der Waals surface area contributed by atoms with Crippen molar-refractivity contribution in [1.29, 1.82) is 0 Å². The number of amides is 1. The van der Waals surface area contributed by atoms with Crippen molar-refractivity contribution in [3.05, 3.63) is 64.6 Å². The number of sulfonamides is 1. The highest BCUT2D eigenvalue weighted by Gasteiger charge is 2.41. The zero-order chi connectivity index (χ0) is 33.0. The minimum Gasteiger partial charge on any atom is -0.497 e. The number of hydrogen-bond acceptors (Lipinski definition) is 9. The van der Waals surface area contributed by atoms with E-state index in [4.69, 9.17) is 46.9 Å². The van der Waals surface area contributed by atoms with Crippen LogP contribution in [0.25, 0.3) is 0 Å². The van der Waals surface area contributed by atoms with Crippen LogP contribution in [0.2, 0.25) is 10.0 Å². The fraction of sp³-hybridized carbons (Fsp3) is 0.375. The van der Waals surface area contributed by atoms with Gasteiger partial charge >= 0.3 is 12.1 Å². The second-order valence-corrected chi connectivity index (χ2v) is 13.5. The van der Waals surface area contributed by atoms with Gasteiger partial charge in [0.15, 0.2) is 5.75 Å². The Balaban J connectivity index is 1.39. The van der Waals surface area contributed by atoms with E-state index in [1.54, 1.807) is 19.1 Å². The number of ether oxygens (including phenoxy) is 5. The van der Waals surface area contributed by atoms with Gasteiger partial charge in [-0.15, -0.1) is 0 Å². The molecular formula is C32H34Cl2N2O9S. The van der Waals surface area contributed by atoms with Gasteiger partial charge in [0.05, 0.1) is 36.6 Å². The number of anilines is 1. The molecule has 11 nitrogen and oxygen atoms in total. The van der Waals surface area contributed by atoms with Gasteiger partial charge in [-0.1, -0.05) is 29.6 Å². The number of rotatable bonds is 12. The molecule has 46 heavy (non-hydrogen) atoms. The molecule has 3 atom stereocenters. The summed E-state index contributed by atoms with van der Waals surface area (Å²) in [7, 11) is -1.05. The number of benzene rings is 3. The van der Waals surface area contributed by atoms with Crippen LogP contribution in [0.5, 0.6) is 28.7 Å². The number of nitrogens with one attached hydrogen (secondary N) is 1. The second kappa shape index (κ2) is 14.4. The average molecular weight is 694 g/mol. The second-order valence-electron chi connectivity index (χ2n) is 11.0. The van der Waals surface area contributed by atoms with Crippen LogP contribution in [0.4, 0.5) is 10.5 Å². The van der Waals surface area contributed by atoms with Crippen molar-refractivity contribution in [2.75, 3.05) is 32.3 Å². The maximum Gasteiger partial charge on any atom is 0.420 e. The molecule has 1 amide bonds. The summed E-state index contributed by atoms with van der Waals surface area (Å²) in [4.78, 5) is 26.6. The predicted molar refractivity (Wildman–Crippen MR) is 172 cm³/mol.